The molecule has 0 radical (unpaired) electrons. The van der Waals surface area contributed by atoms with Crippen LogP contribution in [0.3, 0.4) is 0 Å². The maximum Gasteiger partial charge on any atom is 0.416 e. The van der Waals surface area contributed by atoms with Gasteiger partial charge in [-0.3, -0.25) is 14.7 Å². The average molecular weight is 560 g/mol. The molecule has 2 atom stereocenters. The zero-order valence-corrected chi connectivity index (χ0v) is 22.4. The summed E-state index contributed by atoms with van der Waals surface area (Å²) in [7, 11) is 4.65. The van der Waals surface area contributed by atoms with Crippen molar-refractivity contribution < 1.29 is 36.6 Å². The highest BCUT2D eigenvalue weighted by atomic mass is 19.4. The number of alkyl halides is 3. The molecule has 4 rings (SSSR count). The van der Waals surface area contributed by atoms with Crippen molar-refractivity contribution in [2.45, 2.75) is 25.7 Å². The number of nitrogens with zero attached hydrogens (tertiary/aromatic N) is 2. The van der Waals surface area contributed by atoms with Crippen LogP contribution in [0, 0.1) is 11.2 Å². The van der Waals surface area contributed by atoms with Gasteiger partial charge in [0.1, 0.15) is 6.10 Å². The minimum atomic E-state index is -4.45. The van der Waals surface area contributed by atoms with Crippen molar-refractivity contribution >= 4 is 17.3 Å². The minimum absolute atomic E-state index is 0.0225. The van der Waals surface area contributed by atoms with Gasteiger partial charge in [0.05, 0.1) is 37.5 Å². The number of amides is 1. The summed E-state index contributed by atoms with van der Waals surface area (Å²) in [6.07, 6.45) is 1.81. The fourth-order valence-electron chi connectivity index (χ4n) is 4.52. The van der Waals surface area contributed by atoms with Gasteiger partial charge in [0.25, 0.3) is 0 Å². The summed E-state index contributed by atoms with van der Waals surface area (Å²) in [5.74, 6) is -0.142. The highest BCUT2D eigenvalue weighted by Crippen LogP contribution is 2.40. The Morgan fingerprint density at radius 2 is 1.88 bits per heavy atom. The molecule has 40 heavy (non-hydrogen) atoms. The minimum Gasteiger partial charge on any atom is -0.493 e. The van der Waals surface area contributed by atoms with Gasteiger partial charge in [-0.2, -0.15) is 13.2 Å². The molecular formula is C29H29F4N3O4. The number of hydrogen-bond donors (Lipinski definition) is 1. The topological polar surface area (TPSA) is 72.4 Å². The number of anilines is 1. The number of rotatable bonds is 9. The first-order valence-corrected chi connectivity index (χ1v) is 12.3. The van der Waals surface area contributed by atoms with Gasteiger partial charge >= 0.3 is 6.18 Å². The molecule has 1 heterocycles. The molecule has 11 heteroatoms. The van der Waals surface area contributed by atoms with E-state index in [4.69, 9.17) is 14.2 Å². The number of carbonyl (C=O) groups excluding carboxylic acids is 1. The Balaban J connectivity index is 1.39. The zero-order chi connectivity index (χ0) is 29.1. The second-order valence-corrected chi connectivity index (χ2v) is 9.67. The number of allylic oxidation sites excluding steroid dienone is 1. The number of likely N-dealkylation sites (N-methyl/N-ethyl adjacent to an activating group) is 1. The van der Waals surface area contributed by atoms with Gasteiger partial charge in [-0.05, 0) is 49.9 Å². The molecule has 0 aromatic heterocycles. The first kappa shape index (κ1) is 28.9. The smallest absolute Gasteiger partial charge is 0.416 e. The molecular weight excluding hydrogens is 530 g/mol. The van der Waals surface area contributed by atoms with Gasteiger partial charge in [0.2, 0.25) is 5.91 Å². The highest BCUT2D eigenvalue weighted by Gasteiger charge is 2.43. The lowest BCUT2D eigenvalue weighted by molar-refractivity contribution is -0.137. The summed E-state index contributed by atoms with van der Waals surface area (Å²) in [5, 5.41) is 2.61. The maximum absolute atomic E-state index is 15.0. The monoisotopic (exact) mass is 559 g/mol. The number of benzene rings is 2. The molecule has 212 valence electrons. The van der Waals surface area contributed by atoms with Crippen molar-refractivity contribution in [1.29, 1.82) is 0 Å². The Morgan fingerprint density at radius 1 is 1.12 bits per heavy atom. The van der Waals surface area contributed by atoms with Crippen LogP contribution in [0.4, 0.5) is 23.2 Å². The summed E-state index contributed by atoms with van der Waals surface area (Å²) >= 11 is 0. The van der Waals surface area contributed by atoms with Crippen LogP contribution >= 0.6 is 0 Å². The van der Waals surface area contributed by atoms with Crippen LogP contribution in [-0.4, -0.2) is 50.4 Å². The number of ether oxygens (including phenoxy) is 3. The number of carbonyl (C=O) groups is 1. The van der Waals surface area contributed by atoms with Crippen LogP contribution in [0.1, 0.15) is 18.1 Å². The fraction of sp³-hybridized carbons (Fsp3) is 0.310. The molecule has 2 aromatic rings. The van der Waals surface area contributed by atoms with E-state index in [-0.39, 0.29) is 24.5 Å². The van der Waals surface area contributed by atoms with Crippen molar-refractivity contribution in [3.63, 3.8) is 0 Å². The van der Waals surface area contributed by atoms with Gasteiger partial charge in [-0.15, -0.1) is 0 Å². The van der Waals surface area contributed by atoms with Crippen LogP contribution < -0.4 is 10.1 Å². The summed E-state index contributed by atoms with van der Waals surface area (Å²) in [4.78, 5) is 18.5. The van der Waals surface area contributed by atoms with E-state index in [9.17, 15) is 18.0 Å². The van der Waals surface area contributed by atoms with Crippen molar-refractivity contribution in [3.8, 4) is 5.75 Å². The zero-order valence-electron chi connectivity index (χ0n) is 22.4. The van der Waals surface area contributed by atoms with Crippen molar-refractivity contribution in [3.05, 3.63) is 95.4 Å². The van der Waals surface area contributed by atoms with E-state index in [0.29, 0.717) is 22.8 Å². The van der Waals surface area contributed by atoms with Gasteiger partial charge in [-0.25, -0.2) is 4.39 Å². The van der Waals surface area contributed by atoms with Gasteiger partial charge < -0.3 is 19.5 Å². The van der Waals surface area contributed by atoms with E-state index in [1.807, 2.05) is 13.0 Å². The molecule has 2 aliphatic rings. The first-order chi connectivity index (χ1) is 18.9. The van der Waals surface area contributed by atoms with Gasteiger partial charge in [0.15, 0.2) is 23.1 Å². The van der Waals surface area contributed by atoms with Gasteiger partial charge in [0, 0.05) is 30.6 Å². The fourth-order valence-corrected chi connectivity index (χ4v) is 4.52. The summed E-state index contributed by atoms with van der Waals surface area (Å²) < 4.78 is 70.7. The molecule has 1 amide bonds. The molecule has 2 aromatic carbocycles. The molecule has 0 saturated carbocycles. The summed E-state index contributed by atoms with van der Waals surface area (Å²) in [6, 6.07) is 8.99. The van der Waals surface area contributed by atoms with Crippen LogP contribution in [0.25, 0.3) is 0 Å². The largest absolute Gasteiger partial charge is 0.493 e. The van der Waals surface area contributed by atoms with Crippen LogP contribution in [-0.2, 0) is 27.0 Å². The third-order valence-electron chi connectivity index (χ3n) is 6.59. The number of aliphatic imine (C=N–C) groups is 1. The van der Waals surface area contributed by atoms with E-state index < -0.39 is 35.0 Å². The van der Waals surface area contributed by atoms with Crippen LogP contribution in [0.2, 0.25) is 0 Å². The summed E-state index contributed by atoms with van der Waals surface area (Å²) in [5.41, 5.74) is -0.225. The van der Waals surface area contributed by atoms with E-state index in [2.05, 4.69) is 10.3 Å². The van der Waals surface area contributed by atoms with E-state index >= 15 is 4.39 Å². The van der Waals surface area contributed by atoms with Gasteiger partial charge in [-0.1, -0.05) is 18.2 Å². The molecule has 0 bridgehead atoms. The third kappa shape index (κ3) is 6.36. The maximum atomic E-state index is 15.0. The first-order valence-electron chi connectivity index (χ1n) is 12.3. The molecule has 2 unspecified atom stereocenters. The van der Waals surface area contributed by atoms with Crippen LogP contribution in [0.15, 0.2) is 83.4 Å². The molecule has 0 spiro atoms. The average Bonchev–Trinajstić information content (AvgIpc) is 2.89. The second kappa shape index (κ2) is 11.5. The molecule has 0 fully saturated rings. The van der Waals surface area contributed by atoms with E-state index in [1.165, 1.54) is 32.4 Å². The summed E-state index contributed by atoms with van der Waals surface area (Å²) in [6.45, 7) is 1.90. The standard InChI is InChI=1S/C29H29F4N3O4/c1-28-15-24(39-4)23(38-3)14-25(28)34-11-10-26(28)40-22-9-8-20(13-21(22)30)35-27(37)17-36(2)16-18-6-5-7-19(12-18)29(31,32)33/h5-15,26H,16-17H2,1-4H3,(H,35,37). The lowest BCUT2D eigenvalue weighted by Crippen LogP contribution is -2.43. The normalized spacial score (nSPS) is 20.2. The van der Waals surface area contributed by atoms with Crippen molar-refractivity contribution in [2.75, 3.05) is 33.1 Å². The van der Waals surface area contributed by atoms with Crippen molar-refractivity contribution in [2.24, 2.45) is 10.4 Å². The lowest BCUT2D eigenvalue weighted by atomic mass is 9.74. The molecule has 1 aliphatic carbocycles. The Kier molecular flexibility index (Phi) is 8.34. The number of hydrogen-bond acceptors (Lipinski definition) is 6. The number of nitrogens with one attached hydrogen (secondary N) is 1. The Morgan fingerprint density at radius 3 is 2.55 bits per heavy atom. The Hall–Kier alpha value is -4.12. The van der Waals surface area contributed by atoms with Crippen molar-refractivity contribution in [1.82, 2.24) is 4.90 Å². The quantitative estimate of drug-likeness (QED) is 0.399. The predicted octanol–water partition coefficient (Wildman–Crippen LogP) is 5.71. The molecule has 1 N–H and O–H groups in total. The SMILES string of the molecule is COC1=CC2=NC=CC(Oc3ccc(NC(=O)CN(C)Cc4cccc(C(F)(F)F)c4)cc3F)C2(C)C=C1OC. The van der Waals surface area contributed by atoms with Crippen LogP contribution in [0.5, 0.6) is 5.75 Å². The van der Waals surface area contributed by atoms with E-state index in [1.54, 1.807) is 36.4 Å². The third-order valence-corrected chi connectivity index (χ3v) is 6.59. The lowest BCUT2D eigenvalue weighted by Gasteiger charge is -2.38. The second-order valence-electron chi connectivity index (χ2n) is 9.67. The Labute approximate surface area is 229 Å². The number of halogens is 4. The van der Waals surface area contributed by atoms with E-state index in [0.717, 1.165) is 18.2 Å². The highest BCUT2D eigenvalue weighted by molar-refractivity contribution is 6.04. The number of fused-ring (bicyclic) bond motifs is 1. The molecule has 7 nitrogen and oxygen atoms in total. The number of methoxy groups -OCH3 is 2. The molecule has 0 saturated heterocycles. The molecule has 1 aliphatic heterocycles. The Bertz CT molecular complexity index is 1400. The predicted molar refractivity (Wildman–Crippen MR) is 142 cm³/mol.